The molecule has 0 unspecified atom stereocenters. The van der Waals surface area contributed by atoms with Gasteiger partial charge in [-0.1, -0.05) is 43.7 Å². The van der Waals surface area contributed by atoms with Gasteiger partial charge in [-0.3, -0.25) is 14.4 Å². The van der Waals surface area contributed by atoms with Gasteiger partial charge in [-0.15, -0.1) is 0 Å². The number of hydrogen-bond donors (Lipinski definition) is 0. The molecular formula is C30H28N2O4. The molecule has 1 aliphatic rings. The quantitative estimate of drug-likeness (QED) is 0.128. The molecule has 0 heterocycles. The van der Waals surface area contributed by atoms with E-state index in [1.165, 1.54) is 0 Å². The number of rotatable bonds is 11. The molecule has 0 bridgehead atoms. The minimum absolute atomic E-state index is 0.143. The maximum atomic E-state index is 12.9. The number of carbonyl (C=O) groups excluding carboxylic acids is 3. The molecule has 0 radical (unpaired) electrons. The van der Waals surface area contributed by atoms with E-state index in [1.54, 1.807) is 49.4 Å². The molecule has 0 saturated carbocycles. The van der Waals surface area contributed by atoms with E-state index in [2.05, 4.69) is 16.8 Å². The monoisotopic (exact) mass is 480 g/mol. The Kier molecular flexibility index (Phi) is 7.95. The van der Waals surface area contributed by atoms with Gasteiger partial charge in [-0.2, -0.15) is 10.2 Å². The van der Waals surface area contributed by atoms with Crippen LogP contribution in [0.25, 0.3) is 0 Å². The molecule has 0 atom stereocenters. The third kappa shape index (κ3) is 5.89. The Morgan fingerprint density at radius 3 is 2.03 bits per heavy atom. The summed E-state index contributed by atoms with van der Waals surface area (Å²) < 4.78 is 5.78. The molecule has 0 aliphatic heterocycles. The fourth-order valence-corrected chi connectivity index (χ4v) is 4.02. The van der Waals surface area contributed by atoms with Crippen LogP contribution in [0.4, 0.5) is 11.4 Å². The van der Waals surface area contributed by atoms with E-state index < -0.39 is 0 Å². The maximum absolute atomic E-state index is 12.9. The van der Waals surface area contributed by atoms with Crippen molar-refractivity contribution in [3.05, 3.63) is 101 Å². The number of benzene rings is 3. The SMILES string of the molecule is C=C(C)C(=O)CCCCCCOc1ccc(N=Nc2ccc3c(c2)C(=O)c2ccccc2C3=O)cc1. The van der Waals surface area contributed by atoms with Crippen LogP contribution in [-0.2, 0) is 4.79 Å². The van der Waals surface area contributed by atoms with Gasteiger partial charge in [0.05, 0.1) is 18.0 Å². The van der Waals surface area contributed by atoms with E-state index in [0.29, 0.717) is 52.2 Å². The van der Waals surface area contributed by atoms with E-state index in [0.717, 1.165) is 31.4 Å². The summed E-state index contributed by atoms with van der Waals surface area (Å²) in [6.07, 6.45) is 4.38. The number of nitrogens with zero attached hydrogens (tertiary/aromatic N) is 2. The Labute approximate surface area is 210 Å². The largest absolute Gasteiger partial charge is 0.494 e. The van der Waals surface area contributed by atoms with Crippen LogP contribution < -0.4 is 4.74 Å². The molecule has 0 amide bonds. The molecule has 4 rings (SSSR count). The van der Waals surface area contributed by atoms with Gasteiger partial charge in [0.15, 0.2) is 17.3 Å². The molecular weight excluding hydrogens is 452 g/mol. The number of carbonyl (C=O) groups is 3. The Bertz CT molecular complexity index is 1340. The summed E-state index contributed by atoms with van der Waals surface area (Å²) in [5.41, 5.74) is 3.36. The third-order valence-electron chi connectivity index (χ3n) is 6.07. The lowest BCUT2D eigenvalue weighted by Crippen LogP contribution is -2.20. The normalized spacial score (nSPS) is 12.4. The molecule has 1 aliphatic carbocycles. The second-order valence-corrected chi connectivity index (χ2v) is 8.84. The minimum atomic E-state index is -0.181. The van der Waals surface area contributed by atoms with Crippen molar-refractivity contribution in [2.75, 3.05) is 6.61 Å². The fourth-order valence-electron chi connectivity index (χ4n) is 4.02. The first-order chi connectivity index (χ1) is 17.4. The molecule has 3 aromatic rings. The van der Waals surface area contributed by atoms with Crippen molar-refractivity contribution in [2.45, 2.75) is 39.0 Å². The number of fused-ring (bicyclic) bond motifs is 2. The van der Waals surface area contributed by atoms with Crippen LogP contribution in [0.5, 0.6) is 5.75 Å². The van der Waals surface area contributed by atoms with Crippen molar-refractivity contribution in [3.63, 3.8) is 0 Å². The fraction of sp³-hybridized carbons (Fsp3) is 0.233. The minimum Gasteiger partial charge on any atom is -0.494 e. The van der Waals surface area contributed by atoms with Gasteiger partial charge in [0.1, 0.15) is 5.75 Å². The number of Topliss-reactive ketones (excluding diaryl/α,β-unsaturated/α-hetero) is 1. The third-order valence-corrected chi connectivity index (χ3v) is 6.07. The van der Waals surface area contributed by atoms with Crippen LogP contribution in [0.2, 0.25) is 0 Å². The van der Waals surface area contributed by atoms with E-state index in [9.17, 15) is 14.4 Å². The molecule has 3 aromatic carbocycles. The highest BCUT2D eigenvalue weighted by atomic mass is 16.5. The highest BCUT2D eigenvalue weighted by Gasteiger charge is 2.29. The molecule has 0 N–H and O–H groups in total. The molecule has 0 fully saturated rings. The summed E-state index contributed by atoms with van der Waals surface area (Å²) in [5, 5.41) is 8.50. The first kappa shape index (κ1) is 24.9. The zero-order valence-electron chi connectivity index (χ0n) is 20.3. The standard InChI is InChI=1S/C30H28N2O4/c1-20(2)28(33)11-5-3-4-8-18-36-23-15-12-21(13-16-23)31-32-22-14-17-26-27(19-22)30(35)25-10-7-6-9-24(25)29(26)34/h6-7,9-10,12-17,19H,1,3-5,8,11,18H2,2H3. The molecule has 0 aromatic heterocycles. The van der Waals surface area contributed by atoms with Gasteiger partial charge < -0.3 is 4.74 Å². The van der Waals surface area contributed by atoms with Crippen LogP contribution in [0, 0.1) is 0 Å². The Morgan fingerprint density at radius 2 is 1.33 bits per heavy atom. The number of azo groups is 1. The van der Waals surface area contributed by atoms with Gasteiger partial charge in [0, 0.05) is 28.7 Å². The van der Waals surface area contributed by atoms with Crippen molar-refractivity contribution in [1.82, 2.24) is 0 Å². The summed E-state index contributed by atoms with van der Waals surface area (Å²) >= 11 is 0. The second-order valence-electron chi connectivity index (χ2n) is 8.84. The van der Waals surface area contributed by atoms with Gasteiger partial charge in [0.2, 0.25) is 0 Å². The summed E-state index contributed by atoms with van der Waals surface area (Å²) in [6.45, 7) is 6.03. The zero-order chi connectivity index (χ0) is 25.5. The lowest BCUT2D eigenvalue weighted by Gasteiger charge is -2.17. The van der Waals surface area contributed by atoms with Crippen molar-refractivity contribution < 1.29 is 19.1 Å². The number of ether oxygens (including phenoxy) is 1. The molecule has 36 heavy (non-hydrogen) atoms. The average Bonchev–Trinajstić information content (AvgIpc) is 2.90. The molecule has 0 saturated heterocycles. The Morgan fingerprint density at radius 1 is 0.750 bits per heavy atom. The summed E-state index contributed by atoms with van der Waals surface area (Å²) in [5.74, 6) is 0.559. The van der Waals surface area contributed by atoms with Crippen molar-refractivity contribution in [3.8, 4) is 5.75 Å². The van der Waals surface area contributed by atoms with E-state index in [-0.39, 0.29) is 17.3 Å². The van der Waals surface area contributed by atoms with Crippen LogP contribution in [0.1, 0.15) is 70.9 Å². The first-order valence-corrected chi connectivity index (χ1v) is 12.1. The molecule has 6 nitrogen and oxygen atoms in total. The number of hydrogen-bond acceptors (Lipinski definition) is 6. The molecule has 182 valence electrons. The van der Waals surface area contributed by atoms with E-state index in [4.69, 9.17) is 4.74 Å². The second kappa shape index (κ2) is 11.5. The van der Waals surface area contributed by atoms with E-state index >= 15 is 0 Å². The Hall–Kier alpha value is -4.19. The van der Waals surface area contributed by atoms with Crippen LogP contribution >= 0.6 is 0 Å². The lowest BCUT2D eigenvalue weighted by molar-refractivity contribution is -0.115. The van der Waals surface area contributed by atoms with Crippen LogP contribution in [0.3, 0.4) is 0 Å². The highest BCUT2D eigenvalue weighted by Crippen LogP contribution is 2.30. The van der Waals surface area contributed by atoms with Crippen molar-refractivity contribution >= 4 is 28.7 Å². The van der Waals surface area contributed by atoms with Gasteiger partial charge in [0.25, 0.3) is 0 Å². The summed E-state index contributed by atoms with van der Waals surface area (Å²) in [6, 6.07) is 19.1. The van der Waals surface area contributed by atoms with Crippen molar-refractivity contribution in [2.24, 2.45) is 10.2 Å². The van der Waals surface area contributed by atoms with Gasteiger partial charge >= 0.3 is 0 Å². The smallest absolute Gasteiger partial charge is 0.194 e. The number of ketones is 3. The predicted molar refractivity (Wildman–Crippen MR) is 139 cm³/mol. The summed E-state index contributed by atoms with van der Waals surface area (Å²) in [4.78, 5) is 37.1. The van der Waals surface area contributed by atoms with Crippen molar-refractivity contribution in [1.29, 1.82) is 0 Å². The van der Waals surface area contributed by atoms with Gasteiger partial charge in [-0.25, -0.2) is 0 Å². The first-order valence-electron chi connectivity index (χ1n) is 12.1. The summed E-state index contributed by atoms with van der Waals surface area (Å²) in [7, 11) is 0. The van der Waals surface area contributed by atoms with Crippen LogP contribution in [0.15, 0.2) is 89.1 Å². The lowest BCUT2D eigenvalue weighted by atomic mass is 9.84. The number of unbranched alkanes of at least 4 members (excludes halogenated alkanes) is 3. The van der Waals surface area contributed by atoms with Gasteiger partial charge in [-0.05, 0) is 67.8 Å². The van der Waals surface area contributed by atoms with E-state index in [1.807, 2.05) is 24.3 Å². The highest BCUT2D eigenvalue weighted by molar-refractivity contribution is 6.28. The van der Waals surface area contributed by atoms with Crippen LogP contribution in [-0.4, -0.2) is 24.0 Å². The average molecular weight is 481 g/mol. The Balaban J connectivity index is 1.28. The maximum Gasteiger partial charge on any atom is 0.194 e. The molecule has 0 spiro atoms. The predicted octanol–water partition coefficient (Wildman–Crippen LogP) is 7.35. The topological polar surface area (TPSA) is 85.2 Å². The zero-order valence-corrected chi connectivity index (χ0v) is 20.3. The number of allylic oxidation sites excluding steroid dienone is 1. The molecule has 6 heteroatoms.